The van der Waals surface area contributed by atoms with Gasteiger partial charge in [0, 0.05) is 10.7 Å². The Balaban J connectivity index is 2.66. The van der Waals surface area contributed by atoms with Crippen molar-refractivity contribution in [2.75, 3.05) is 0 Å². The molecule has 0 bridgehead atoms. The molecule has 1 saturated heterocycles. The molecule has 8 heavy (non-hydrogen) atoms. The van der Waals surface area contributed by atoms with Crippen LogP contribution in [0.1, 0.15) is 20.8 Å². The van der Waals surface area contributed by atoms with E-state index in [4.69, 9.17) is 0 Å². The molecule has 0 aromatic rings. The summed E-state index contributed by atoms with van der Waals surface area (Å²) < 4.78 is 0. The van der Waals surface area contributed by atoms with Gasteiger partial charge in [-0.25, -0.2) is 0 Å². The second-order valence-electron chi connectivity index (χ2n) is 2.77. The third kappa shape index (κ3) is 0.591. The van der Waals surface area contributed by atoms with Crippen LogP contribution in [0.25, 0.3) is 0 Å². The Labute approximate surface area is 53.8 Å². The minimum Gasteiger partial charge on any atom is -0.287 e. The molecule has 2 heteroatoms. The number of thioether (sulfide) groups is 1. The maximum absolute atomic E-state index is 10.7. The van der Waals surface area contributed by atoms with E-state index in [9.17, 15) is 4.79 Å². The summed E-state index contributed by atoms with van der Waals surface area (Å²) in [6, 6.07) is 0. The lowest BCUT2D eigenvalue weighted by Gasteiger charge is -2.38. The number of carbonyl (C=O) groups is 1. The second-order valence-corrected chi connectivity index (χ2v) is 4.08. The lowest BCUT2D eigenvalue weighted by molar-refractivity contribution is -0.120. The average Bonchev–Trinajstić information content (AvgIpc) is 1.68. The van der Waals surface area contributed by atoms with E-state index in [-0.39, 0.29) is 5.41 Å². The first-order valence-corrected chi connectivity index (χ1v) is 3.64. The molecule has 1 atom stereocenters. The summed E-state index contributed by atoms with van der Waals surface area (Å²) in [6.07, 6.45) is 0. The predicted octanol–water partition coefficient (Wildman–Crippen LogP) is 1.67. The Kier molecular flexibility index (Phi) is 1.15. The highest BCUT2D eigenvalue weighted by molar-refractivity contribution is 8.16. The lowest BCUT2D eigenvalue weighted by atomic mass is 9.90. The molecule has 46 valence electrons. The van der Waals surface area contributed by atoms with E-state index in [1.54, 1.807) is 0 Å². The van der Waals surface area contributed by atoms with Crippen molar-refractivity contribution >= 4 is 16.9 Å². The molecule has 1 unspecified atom stereocenters. The minimum absolute atomic E-state index is 0.0370. The van der Waals surface area contributed by atoms with Gasteiger partial charge in [0.1, 0.15) is 0 Å². The van der Waals surface area contributed by atoms with Gasteiger partial charge in [-0.1, -0.05) is 32.5 Å². The van der Waals surface area contributed by atoms with E-state index < -0.39 is 0 Å². The van der Waals surface area contributed by atoms with Crippen LogP contribution in [-0.4, -0.2) is 10.4 Å². The summed E-state index contributed by atoms with van der Waals surface area (Å²) in [7, 11) is 0. The van der Waals surface area contributed by atoms with E-state index >= 15 is 0 Å². The quantitative estimate of drug-likeness (QED) is 0.496. The Morgan fingerprint density at radius 1 is 1.62 bits per heavy atom. The smallest absolute Gasteiger partial charge is 0.195 e. The van der Waals surface area contributed by atoms with Crippen molar-refractivity contribution in [2.45, 2.75) is 26.0 Å². The molecule has 1 rings (SSSR count). The summed E-state index contributed by atoms with van der Waals surface area (Å²) in [5.74, 6) is 0. The monoisotopic (exact) mass is 130 g/mol. The molecule has 0 radical (unpaired) electrons. The van der Waals surface area contributed by atoms with Crippen molar-refractivity contribution in [3.8, 4) is 0 Å². The molecule has 0 aromatic carbocycles. The van der Waals surface area contributed by atoms with Crippen LogP contribution >= 0.6 is 11.8 Å². The Hall–Kier alpha value is 0.0200. The molecule has 0 aliphatic carbocycles. The first-order chi connectivity index (χ1) is 3.55. The predicted molar refractivity (Wildman–Crippen MR) is 35.8 cm³/mol. The van der Waals surface area contributed by atoms with E-state index in [2.05, 4.69) is 6.92 Å². The highest BCUT2D eigenvalue weighted by atomic mass is 32.2. The zero-order chi connectivity index (χ0) is 6.36. The topological polar surface area (TPSA) is 17.1 Å². The van der Waals surface area contributed by atoms with Gasteiger partial charge in [0.2, 0.25) is 0 Å². The van der Waals surface area contributed by atoms with Crippen molar-refractivity contribution in [1.29, 1.82) is 0 Å². The van der Waals surface area contributed by atoms with Gasteiger partial charge in [0.05, 0.1) is 0 Å². The molecule has 0 aromatic heterocycles. The molecule has 1 aliphatic rings. The number of hydrogen-bond donors (Lipinski definition) is 0. The Morgan fingerprint density at radius 2 is 2.12 bits per heavy atom. The summed E-state index contributed by atoms with van der Waals surface area (Å²) in [4.78, 5) is 10.7. The molecule has 1 heterocycles. The fourth-order valence-electron chi connectivity index (χ4n) is 0.568. The maximum atomic E-state index is 10.7. The van der Waals surface area contributed by atoms with E-state index in [0.717, 1.165) is 0 Å². The molecule has 0 saturated carbocycles. The maximum Gasteiger partial charge on any atom is 0.195 e. The average molecular weight is 130 g/mol. The summed E-state index contributed by atoms with van der Waals surface area (Å²) in [5.41, 5.74) is -0.0370. The van der Waals surface area contributed by atoms with Gasteiger partial charge >= 0.3 is 0 Å². The SMILES string of the molecule is CC1SC(=O)C1(C)C. The first-order valence-electron chi connectivity index (χ1n) is 2.76. The Morgan fingerprint density at radius 3 is 2.12 bits per heavy atom. The van der Waals surface area contributed by atoms with Crippen molar-refractivity contribution < 1.29 is 4.79 Å². The van der Waals surface area contributed by atoms with E-state index in [1.807, 2.05) is 13.8 Å². The van der Waals surface area contributed by atoms with Gasteiger partial charge in [-0.15, -0.1) is 0 Å². The number of rotatable bonds is 0. The van der Waals surface area contributed by atoms with Gasteiger partial charge in [-0.05, 0) is 0 Å². The van der Waals surface area contributed by atoms with Crippen molar-refractivity contribution in [3.05, 3.63) is 0 Å². The van der Waals surface area contributed by atoms with Crippen LogP contribution in [0.5, 0.6) is 0 Å². The van der Waals surface area contributed by atoms with Crippen molar-refractivity contribution in [3.63, 3.8) is 0 Å². The highest BCUT2D eigenvalue weighted by Gasteiger charge is 2.45. The third-order valence-electron chi connectivity index (χ3n) is 1.83. The minimum atomic E-state index is -0.0370. The molecule has 0 spiro atoms. The van der Waals surface area contributed by atoms with Gasteiger partial charge in [-0.2, -0.15) is 0 Å². The Bertz CT molecular complexity index is 128. The molecule has 1 fully saturated rings. The molecule has 0 amide bonds. The van der Waals surface area contributed by atoms with Crippen LogP contribution in [0.2, 0.25) is 0 Å². The zero-order valence-corrected chi connectivity index (χ0v) is 6.21. The normalized spacial score (nSPS) is 34.4. The van der Waals surface area contributed by atoms with Gasteiger partial charge < -0.3 is 0 Å². The molecule has 0 N–H and O–H groups in total. The van der Waals surface area contributed by atoms with Gasteiger partial charge in [0.25, 0.3) is 0 Å². The molecule has 1 nitrogen and oxygen atoms in total. The fourth-order valence-corrected chi connectivity index (χ4v) is 1.59. The second kappa shape index (κ2) is 1.50. The van der Waals surface area contributed by atoms with Crippen LogP contribution in [0.4, 0.5) is 0 Å². The molecular weight excluding hydrogens is 120 g/mol. The van der Waals surface area contributed by atoms with Crippen LogP contribution in [-0.2, 0) is 4.79 Å². The summed E-state index contributed by atoms with van der Waals surface area (Å²) >= 11 is 1.45. The van der Waals surface area contributed by atoms with E-state index in [0.29, 0.717) is 10.4 Å². The lowest BCUT2D eigenvalue weighted by Crippen LogP contribution is -2.42. The van der Waals surface area contributed by atoms with Gasteiger partial charge in [0.15, 0.2) is 5.12 Å². The zero-order valence-electron chi connectivity index (χ0n) is 5.39. The van der Waals surface area contributed by atoms with Gasteiger partial charge in [-0.3, -0.25) is 4.79 Å². The van der Waals surface area contributed by atoms with Crippen LogP contribution < -0.4 is 0 Å². The highest BCUT2D eigenvalue weighted by Crippen LogP contribution is 2.46. The summed E-state index contributed by atoms with van der Waals surface area (Å²) in [5, 5.41) is 0.861. The van der Waals surface area contributed by atoms with Crippen molar-refractivity contribution in [2.24, 2.45) is 5.41 Å². The summed E-state index contributed by atoms with van der Waals surface area (Å²) in [6.45, 7) is 6.08. The largest absolute Gasteiger partial charge is 0.287 e. The standard InChI is InChI=1S/C6H10OS/c1-4-6(2,3)5(7)8-4/h4H,1-3H3. The van der Waals surface area contributed by atoms with Crippen molar-refractivity contribution in [1.82, 2.24) is 0 Å². The molecular formula is C6H10OS. The van der Waals surface area contributed by atoms with E-state index in [1.165, 1.54) is 11.8 Å². The van der Waals surface area contributed by atoms with Crippen LogP contribution in [0.3, 0.4) is 0 Å². The van der Waals surface area contributed by atoms with Crippen LogP contribution in [0, 0.1) is 5.41 Å². The number of carbonyl (C=O) groups excluding carboxylic acids is 1. The third-order valence-corrected chi connectivity index (χ3v) is 3.51. The van der Waals surface area contributed by atoms with Crippen LogP contribution in [0.15, 0.2) is 0 Å². The number of hydrogen-bond acceptors (Lipinski definition) is 2. The molecule has 1 aliphatic heterocycles. The fraction of sp³-hybridized carbons (Fsp3) is 0.833. The first kappa shape index (κ1) is 6.14.